The normalized spacial score (nSPS) is 22.0. The maximum atomic E-state index is 14.8. The van der Waals surface area contributed by atoms with Crippen molar-refractivity contribution in [3.8, 4) is 0 Å². The SMILES string of the molecule is O=C1/C(=C/c2ccccc2)C(c2ccccc2)C2(C(=O)NC(=S)NC2=O)C(c2ccccc2)/C1=C\c1ccccc1. The Morgan fingerprint density at radius 1 is 0.537 bits per heavy atom. The molecule has 6 heteroatoms. The van der Waals surface area contributed by atoms with E-state index in [0.29, 0.717) is 22.3 Å². The Bertz CT molecular complexity index is 1570. The van der Waals surface area contributed by atoms with Gasteiger partial charge in [-0.15, -0.1) is 0 Å². The van der Waals surface area contributed by atoms with Crippen LogP contribution in [0.2, 0.25) is 0 Å². The van der Waals surface area contributed by atoms with Crippen LogP contribution in [0.3, 0.4) is 0 Å². The molecule has 1 saturated heterocycles. The second-order valence-electron chi connectivity index (χ2n) is 10.1. The van der Waals surface area contributed by atoms with E-state index in [4.69, 9.17) is 12.2 Å². The Labute approximate surface area is 243 Å². The van der Waals surface area contributed by atoms with Gasteiger partial charge in [0.25, 0.3) is 0 Å². The summed E-state index contributed by atoms with van der Waals surface area (Å²) in [7, 11) is 0. The number of thiocarbonyl (C=S) groups is 1. The topological polar surface area (TPSA) is 75.3 Å². The van der Waals surface area contributed by atoms with E-state index in [0.717, 1.165) is 11.1 Å². The fourth-order valence-electron chi connectivity index (χ4n) is 6.09. The Morgan fingerprint density at radius 2 is 0.878 bits per heavy atom. The summed E-state index contributed by atoms with van der Waals surface area (Å²) in [6, 6.07) is 37.5. The summed E-state index contributed by atoms with van der Waals surface area (Å²) in [5.74, 6) is -3.12. The number of Topliss-reactive ketones (excluding diaryl/α,β-unsaturated/α-hetero) is 1. The zero-order valence-corrected chi connectivity index (χ0v) is 22.8. The first-order valence-corrected chi connectivity index (χ1v) is 13.8. The molecular weight excluding hydrogens is 528 g/mol. The highest BCUT2D eigenvalue weighted by atomic mass is 32.1. The molecule has 0 aromatic heterocycles. The molecule has 6 rings (SSSR count). The molecule has 0 radical (unpaired) electrons. The van der Waals surface area contributed by atoms with Crippen LogP contribution in [0.25, 0.3) is 12.2 Å². The van der Waals surface area contributed by atoms with E-state index in [1.165, 1.54) is 0 Å². The molecule has 2 atom stereocenters. The molecule has 0 bridgehead atoms. The first-order valence-electron chi connectivity index (χ1n) is 13.3. The summed E-state index contributed by atoms with van der Waals surface area (Å²) in [6.07, 6.45) is 3.60. The van der Waals surface area contributed by atoms with Crippen LogP contribution in [0.15, 0.2) is 132 Å². The van der Waals surface area contributed by atoms with Gasteiger partial charge in [-0.05, 0) is 46.6 Å². The van der Waals surface area contributed by atoms with Gasteiger partial charge in [0, 0.05) is 23.0 Å². The zero-order chi connectivity index (χ0) is 28.4. The molecule has 1 heterocycles. The average molecular weight is 555 g/mol. The molecule has 1 saturated carbocycles. The van der Waals surface area contributed by atoms with Gasteiger partial charge in [-0.25, -0.2) is 0 Å². The van der Waals surface area contributed by atoms with Crippen LogP contribution in [0.5, 0.6) is 0 Å². The maximum Gasteiger partial charge on any atom is 0.243 e. The highest BCUT2D eigenvalue weighted by Crippen LogP contribution is 2.59. The first-order chi connectivity index (χ1) is 20.0. The fraction of sp³-hybridized carbons (Fsp3) is 0.0857. The van der Waals surface area contributed by atoms with Crippen LogP contribution in [0.1, 0.15) is 34.1 Å². The van der Waals surface area contributed by atoms with Crippen molar-refractivity contribution < 1.29 is 14.4 Å². The predicted molar refractivity (Wildman–Crippen MR) is 164 cm³/mol. The van der Waals surface area contributed by atoms with Crippen molar-refractivity contribution >= 4 is 47.1 Å². The largest absolute Gasteiger partial charge is 0.302 e. The molecule has 4 aromatic carbocycles. The van der Waals surface area contributed by atoms with Gasteiger partial charge in [0.2, 0.25) is 11.8 Å². The third-order valence-corrected chi connectivity index (χ3v) is 7.98. The second-order valence-corrected chi connectivity index (χ2v) is 10.6. The van der Waals surface area contributed by atoms with Gasteiger partial charge in [-0.2, -0.15) is 0 Å². The highest BCUT2D eigenvalue weighted by Gasteiger charge is 2.66. The van der Waals surface area contributed by atoms with Crippen molar-refractivity contribution in [2.45, 2.75) is 11.8 Å². The third-order valence-electron chi connectivity index (χ3n) is 7.77. The number of allylic oxidation sites excluding steroid dienone is 2. The van der Waals surface area contributed by atoms with Crippen molar-refractivity contribution in [1.29, 1.82) is 0 Å². The standard InChI is InChI=1S/C35H26N2O3S/c38-31-27(21-23-13-5-1-6-14-23)29(25-17-9-3-10-18-25)35(32(39)36-34(41)37-33(35)40)30(26-19-11-4-12-20-26)28(31)22-24-15-7-2-8-16-24/h1-22,29-30H,(H2,36,37,39,40,41)/b27-21+,28-22+. The quantitative estimate of drug-likeness (QED) is 0.189. The van der Waals surface area contributed by atoms with Crippen molar-refractivity contribution in [2.24, 2.45) is 5.41 Å². The van der Waals surface area contributed by atoms with Crippen molar-refractivity contribution in [2.75, 3.05) is 0 Å². The minimum Gasteiger partial charge on any atom is -0.302 e. The number of hydrogen-bond donors (Lipinski definition) is 2. The second kappa shape index (κ2) is 10.9. The van der Waals surface area contributed by atoms with E-state index in [1.807, 2.05) is 121 Å². The van der Waals surface area contributed by atoms with Crippen molar-refractivity contribution in [3.05, 3.63) is 155 Å². The molecule has 2 aliphatic rings. The number of hydrogen-bond acceptors (Lipinski definition) is 4. The minimum absolute atomic E-state index is 0.0525. The highest BCUT2D eigenvalue weighted by molar-refractivity contribution is 7.80. The lowest BCUT2D eigenvalue weighted by atomic mass is 9.51. The molecule has 4 aromatic rings. The summed E-state index contributed by atoms with van der Waals surface area (Å²) in [5.41, 5.74) is 1.89. The van der Waals surface area contributed by atoms with E-state index in [-0.39, 0.29) is 10.9 Å². The van der Waals surface area contributed by atoms with E-state index in [2.05, 4.69) is 10.6 Å². The first kappa shape index (κ1) is 26.3. The van der Waals surface area contributed by atoms with Gasteiger partial charge in [-0.1, -0.05) is 121 Å². The third kappa shape index (κ3) is 4.62. The molecule has 1 spiro atoms. The molecule has 200 valence electrons. The summed E-state index contributed by atoms with van der Waals surface area (Å²) >= 11 is 5.26. The summed E-state index contributed by atoms with van der Waals surface area (Å²) in [5, 5.41) is 5.44. The number of carbonyl (C=O) groups excluding carboxylic acids is 3. The molecule has 5 nitrogen and oxygen atoms in total. The van der Waals surface area contributed by atoms with E-state index in [9.17, 15) is 14.4 Å². The average Bonchev–Trinajstić information content (AvgIpc) is 3.00. The van der Waals surface area contributed by atoms with Gasteiger partial charge in [-0.3, -0.25) is 14.4 Å². The Kier molecular flexibility index (Phi) is 7.00. The van der Waals surface area contributed by atoms with Crippen LogP contribution in [-0.4, -0.2) is 22.7 Å². The van der Waals surface area contributed by atoms with Crippen molar-refractivity contribution in [3.63, 3.8) is 0 Å². The zero-order valence-electron chi connectivity index (χ0n) is 22.0. The number of ketones is 1. The van der Waals surface area contributed by atoms with E-state index >= 15 is 0 Å². The van der Waals surface area contributed by atoms with Gasteiger partial charge in [0.1, 0.15) is 0 Å². The van der Waals surface area contributed by atoms with Gasteiger partial charge in [0.15, 0.2) is 16.3 Å². The molecule has 2 unspecified atom stereocenters. The molecule has 2 amide bonds. The Balaban J connectivity index is 1.74. The summed E-state index contributed by atoms with van der Waals surface area (Å²) in [4.78, 5) is 43.7. The number of rotatable bonds is 4. The van der Waals surface area contributed by atoms with Crippen LogP contribution in [0.4, 0.5) is 0 Å². The van der Waals surface area contributed by atoms with Gasteiger partial charge >= 0.3 is 0 Å². The lowest BCUT2D eigenvalue weighted by Crippen LogP contribution is -2.68. The maximum absolute atomic E-state index is 14.8. The van der Waals surface area contributed by atoms with Crippen molar-refractivity contribution in [1.82, 2.24) is 10.6 Å². The van der Waals surface area contributed by atoms with E-state index < -0.39 is 29.1 Å². The van der Waals surface area contributed by atoms with Crippen LogP contribution in [-0.2, 0) is 14.4 Å². The molecule has 41 heavy (non-hydrogen) atoms. The van der Waals surface area contributed by atoms with Crippen LogP contribution in [0, 0.1) is 5.41 Å². The Hall–Kier alpha value is -4.94. The number of benzene rings is 4. The smallest absolute Gasteiger partial charge is 0.243 e. The molecule has 2 fully saturated rings. The van der Waals surface area contributed by atoms with Crippen LogP contribution < -0.4 is 10.6 Å². The predicted octanol–water partition coefficient (Wildman–Crippen LogP) is 5.82. The van der Waals surface area contributed by atoms with Gasteiger partial charge in [0.05, 0.1) is 0 Å². The van der Waals surface area contributed by atoms with Crippen LogP contribution >= 0.6 is 12.2 Å². The monoisotopic (exact) mass is 554 g/mol. The minimum atomic E-state index is -1.76. The fourth-order valence-corrected chi connectivity index (χ4v) is 6.27. The molecule has 1 aliphatic heterocycles. The molecule has 2 N–H and O–H groups in total. The Morgan fingerprint density at radius 3 is 1.24 bits per heavy atom. The molecule has 1 aliphatic carbocycles. The lowest BCUT2D eigenvalue weighted by Gasteiger charge is -2.50. The lowest BCUT2D eigenvalue weighted by molar-refractivity contribution is -0.147. The summed E-state index contributed by atoms with van der Waals surface area (Å²) < 4.78 is 0. The molecular formula is C35H26N2O3S. The summed E-state index contributed by atoms with van der Waals surface area (Å²) in [6.45, 7) is 0. The number of amides is 2. The number of nitrogens with one attached hydrogen (secondary N) is 2. The number of carbonyl (C=O) groups is 3. The van der Waals surface area contributed by atoms with Gasteiger partial charge < -0.3 is 10.6 Å². The van der Waals surface area contributed by atoms with E-state index in [1.54, 1.807) is 12.2 Å².